The average Bonchev–Trinajstić information content (AvgIpc) is 2.26. The van der Waals surface area contributed by atoms with E-state index >= 15 is 0 Å². The number of amides is 1. The summed E-state index contributed by atoms with van der Waals surface area (Å²) in [5, 5.41) is 9.98. The first-order chi connectivity index (χ1) is 7.85. The number of carbonyl (C=O) groups excluding carboxylic acids is 1. The van der Waals surface area contributed by atoms with E-state index in [1.165, 1.54) is 0 Å². The average molecular weight is 251 g/mol. The highest BCUT2D eigenvalue weighted by Gasteiger charge is 2.28. The molecule has 0 unspecified atom stereocenters. The summed E-state index contributed by atoms with van der Waals surface area (Å²) < 4.78 is 50.7. The molecule has 0 aliphatic carbocycles. The molecule has 3 nitrogen and oxygen atoms in total. The minimum atomic E-state index is -3.48. The van der Waals surface area contributed by atoms with Gasteiger partial charge in [0.2, 0.25) is 0 Å². The van der Waals surface area contributed by atoms with E-state index in [1.807, 2.05) is 0 Å². The fraction of sp³-hybridized carbons (Fsp3) is 0.300. The predicted molar refractivity (Wildman–Crippen MR) is 50.7 cm³/mol. The Morgan fingerprint density at radius 3 is 2.53 bits per heavy atom. The Bertz CT molecular complexity index is 423. The quantitative estimate of drug-likeness (QED) is 0.793. The number of halogens is 4. The van der Waals surface area contributed by atoms with Gasteiger partial charge in [-0.15, -0.1) is 0 Å². The smallest absolute Gasteiger partial charge is 0.287 e. The van der Waals surface area contributed by atoms with Crippen molar-refractivity contribution in [3.05, 3.63) is 35.4 Å². The van der Waals surface area contributed by atoms with Crippen molar-refractivity contribution >= 4 is 5.91 Å². The third kappa shape index (κ3) is 3.70. The second-order valence-corrected chi connectivity index (χ2v) is 3.32. The van der Waals surface area contributed by atoms with Crippen LogP contribution in [0.1, 0.15) is 10.4 Å². The number of nitrogens with one attached hydrogen (secondary N) is 1. The lowest BCUT2D eigenvalue weighted by molar-refractivity contribution is -0.0462. The second-order valence-electron chi connectivity index (χ2n) is 3.32. The van der Waals surface area contributed by atoms with Crippen LogP contribution < -0.4 is 5.32 Å². The Labute approximate surface area is 94.1 Å². The molecule has 2 N–H and O–H groups in total. The van der Waals surface area contributed by atoms with Crippen LogP contribution in [0.4, 0.5) is 17.6 Å². The van der Waals surface area contributed by atoms with E-state index in [4.69, 9.17) is 5.11 Å². The van der Waals surface area contributed by atoms with E-state index < -0.39 is 42.2 Å². The maximum Gasteiger partial charge on any atom is 0.287 e. The molecule has 0 saturated carbocycles. The van der Waals surface area contributed by atoms with Gasteiger partial charge in [0.15, 0.2) is 0 Å². The molecule has 0 atom stereocenters. The number of aliphatic hydroxyl groups excluding tert-OH is 1. The molecule has 1 rings (SSSR count). The Morgan fingerprint density at radius 1 is 1.35 bits per heavy atom. The van der Waals surface area contributed by atoms with Gasteiger partial charge >= 0.3 is 0 Å². The molecule has 1 amide bonds. The molecule has 0 fully saturated rings. The van der Waals surface area contributed by atoms with E-state index in [2.05, 4.69) is 0 Å². The zero-order valence-corrected chi connectivity index (χ0v) is 8.51. The molecule has 1 aromatic carbocycles. The molecule has 94 valence electrons. The van der Waals surface area contributed by atoms with Gasteiger partial charge in [0.05, 0.1) is 12.1 Å². The van der Waals surface area contributed by atoms with Gasteiger partial charge < -0.3 is 10.4 Å². The van der Waals surface area contributed by atoms with Crippen molar-refractivity contribution in [2.75, 3.05) is 13.2 Å². The van der Waals surface area contributed by atoms with E-state index in [-0.39, 0.29) is 0 Å². The standard InChI is InChI=1S/C10H9F4NO2/c11-6-1-2-7(8(12)3-6)9(17)15-4-10(13,14)5-16/h1-3,16H,4-5H2,(H,15,17). The third-order valence-electron chi connectivity index (χ3n) is 1.91. The lowest BCUT2D eigenvalue weighted by Gasteiger charge is -2.14. The van der Waals surface area contributed by atoms with Gasteiger partial charge in [0.25, 0.3) is 11.8 Å². The molecule has 1 aromatic rings. The number of hydrogen-bond donors (Lipinski definition) is 2. The molecule has 17 heavy (non-hydrogen) atoms. The maximum atomic E-state index is 13.1. The summed E-state index contributed by atoms with van der Waals surface area (Å²) in [6.07, 6.45) is 0. The molecule has 0 bridgehead atoms. The number of benzene rings is 1. The molecule has 0 spiro atoms. The Kier molecular flexibility index (Phi) is 4.06. The minimum absolute atomic E-state index is 0.471. The van der Waals surface area contributed by atoms with Crippen LogP contribution in [-0.4, -0.2) is 30.1 Å². The third-order valence-corrected chi connectivity index (χ3v) is 1.91. The van der Waals surface area contributed by atoms with Crippen molar-refractivity contribution in [1.29, 1.82) is 0 Å². The van der Waals surface area contributed by atoms with Crippen LogP contribution in [0.5, 0.6) is 0 Å². The first-order valence-electron chi connectivity index (χ1n) is 4.57. The topological polar surface area (TPSA) is 49.3 Å². The molecule has 0 aliphatic heterocycles. The van der Waals surface area contributed by atoms with Crippen LogP contribution >= 0.6 is 0 Å². The Hall–Kier alpha value is -1.63. The van der Waals surface area contributed by atoms with Crippen molar-refractivity contribution in [1.82, 2.24) is 5.32 Å². The van der Waals surface area contributed by atoms with Crippen molar-refractivity contribution in [2.45, 2.75) is 5.92 Å². The van der Waals surface area contributed by atoms with Crippen LogP contribution in [0, 0.1) is 11.6 Å². The molecule has 0 radical (unpaired) electrons. The van der Waals surface area contributed by atoms with E-state index in [9.17, 15) is 22.4 Å². The van der Waals surface area contributed by atoms with Gasteiger partial charge in [0, 0.05) is 6.07 Å². The van der Waals surface area contributed by atoms with Crippen molar-refractivity contribution in [3.8, 4) is 0 Å². The molecule has 0 aliphatic rings. The highest BCUT2D eigenvalue weighted by molar-refractivity contribution is 5.94. The van der Waals surface area contributed by atoms with Crippen molar-refractivity contribution in [2.24, 2.45) is 0 Å². The normalized spacial score (nSPS) is 11.4. The summed E-state index contributed by atoms with van der Waals surface area (Å²) in [7, 11) is 0. The van der Waals surface area contributed by atoms with E-state index in [0.29, 0.717) is 6.07 Å². The van der Waals surface area contributed by atoms with Crippen LogP contribution in [0.25, 0.3) is 0 Å². The minimum Gasteiger partial charge on any atom is -0.390 e. The van der Waals surface area contributed by atoms with E-state index in [0.717, 1.165) is 12.1 Å². The fourth-order valence-corrected chi connectivity index (χ4v) is 1.03. The number of hydrogen-bond acceptors (Lipinski definition) is 2. The fourth-order valence-electron chi connectivity index (χ4n) is 1.03. The lowest BCUT2D eigenvalue weighted by Crippen LogP contribution is -2.39. The van der Waals surface area contributed by atoms with Gasteiger partial charge in [-0.3, -0.25) is 4.79 Å². The summed E-state index contributed by atoms with van der Waals surface area (Å²) >= 11 is 0. The van der Waals surface area contributed by atoms with Gasteiger partial charge in [-0.05, 0) is 12.1 Å². The highest BCUT2D eigenvalue weighted by Crippen LogP contribution is 2.12. The van der Waals surface area contributed by atoms with Gasteiger partial charge in [-0.25, -0.2) is 17.6 Å². The van der Waals surface area contributed by atoms with Crippen LogP contribution in [0.3, 0.4) is 0 Å². The first-order valence-corrected chi connectivity index (χ1v) is 4.57. The zero-order valence-electron chi connectivity index (χ0n) is 8.51. The molecular weight excluding hydrogens is 242 g/mol. The molecule has 7 heteroatoms. The van der Waals surface area contributed by atoms with Crippen LogP contribution in [0.2, 0.25) is 0 Å². The van der Waals surface area contributed by atoms with Crippen molar-refractivity contribution in [3.63, 3.8) is 0 Å². The molecular formula is C10H9F4NO2. The second kappa shape index (κ2) is 5.13. The molecule has 0 saturated heterocycles. The predicted octanol–water partition coefficient (Wildman–Crippen LogP) is 1.32. The number of alkyl halides is 2. The van der Waals surface area contributed by atoms with Gasteiger partial charge in [0.1, 0.15) is 18.2 Å². The summed E-state index contributed by atoms with van der Waals surface area (Å²) in [5.41, 5.74) is -0.542. The summed E-state index contributed by atoms with van der Waals surface area (Å²) in [6.45, 7) is -2.56. The van der Waals surface area contributed by atoms with Crippen molar-refractivity contribution < 1.29 is 27.5 Å². The number of aliphatic hydroxyl groups is 1. The number of rotatable bonds is 4. The number of carbonyl (C=O) groups is 1. The Morgan fingerprint density at radius 2 is 2.00 bits per heavy atom. The maximum absolute atomic E-state index is 13.1. The summed E-state index contributed by atoms with van der Waals surface area (Å²) in [5.74, 6) is -6.60. The lowest BCUT2D eigenvalue weighted by atomic mass is 10.2. The van der Waals surface area contributed by atoms with E-state index in [1.54, 1.807) is 5.32 Å². The Balaban J connectivity index is 2.71. The largest absolute Gasteiger partial charge is 0.390 e. The van der Waals surface area contributed by atoms with Gasteiger partial charge in [-0.1, -0.05) is 0 Å². The van der Waals surface area contributed by atoms with Crippen LogP contribution in [-0.2, 0) is 0 Å². The molecule has 0 aromatic heterocycles. The monoisotopic (exact) mass is 251 g/mol. The zero-order chi connectivity index (χ0) is 13.1. The summed E-state index contributed by atoms with van der Waals surface area (Å²) in [4.78, 5) is 11.3. The van der Waals surface area contributed by atoms with Crippen LogP contribution in [0.15, 0.2) is 18.2 Å². The van der Waals surface area contributed by atoms with Gasteiger partial charge in [-0.2, -0.15) is 0 Å². The molecule has 0 heterocycles. The first kappa shape index (κ1) is 13.4. The SMILES string of the molecule is O=C(NCC(F)(F)CO)c1ccc(F)cc1F. The highest BCUT2D eigenvalue weighted by atomic mass is 19.3. The summed E-state index contributed by atoms with van der Waals surface area (Å²) in [6, 6.07) is 2.15.